The van der Waals surface area contributed by atoms with E-state index in [1.807, 2.05) is 6.92 Å². The number of nitrogens with one attached hydrogen (secondary N) is 1. The van der Waals surface area contributed by atoms with Crippen molar-refractivity contribution < 1.29 is 14.7 Å². The lowest BCUT2D eigenvalue weighted by molar-refractivity contribution is -0.137. The summed E-state index contributed by atoms with van der Waals surface area (Å²) in [5, 5.41) is 12.0. The highest BCUT2D eigenvalue weighted by molar-refractivity contribution is 6.31. The predicted octanol–water partition coefficient (Wildman–Crippen LogP) is 3.02. The first-order valence-electron chi connectivity index (χ1n) is 6.02. The number of carbonyl (C=O) groups excluding carboxylic acids is 1. The molecule has 0 fully saturated rings. The molecule has 0 atom stereocenters. The topological polar surface area (TPSA) is 66.4 Å². The highest BCUT2D eigenvalue weighted by Crippen LogP contribution is 2.18. The van der Waals surface area contributed by atoms with E-state index in [2.05, 4.69) is 5.32 Å². The summed E-state index contributed by atoms with van der Waals surface area (Å²) < 4.78 is 0. The van der Waals surface area contributed by atoms with Crippen LogP contribution in [0, 0.1) is 6.92 Å². The molecular weight excluding hydrogens is 266 g/mol. The molecule has 4 nitrogen and oxygen atoms in total. The molecule has 0 unspecified atom stereocenters. The minimum absolute atomic E-state index is 0.0158. The smallest absolute Gasteiger partial charge is 0.303 e. The number of hydrogen-bond acceptors (Lipinski definition) is 2. The molecule has 1 aromatic carbocycles. The molecule has 0 saturated carbocycles. The van der Waals surface area contributed by atoms with Gasteiger partial charge in [0.25, 0.3) is 5.91 Å². The minimum atomic E-state index is -0.874. The molecule has 1 rings (SSSR count). The third-order valence-electron chi connectivity index (χ3n) is 2.85. The van der Waals surface area contributed by atoms with E-state index in [1.165, 1.54) is 0 Å². The van der Waals surface area contributed by atoms with Gasteiger partial charge in [-0.25, -0.2) is 0 Å². The quantitative estimate of drug-likeness (QED) is 0.873. The van der Waals surface area contributed by atoms with Crippen molar-refractivity contribution in [2.45, 2.75) is 39.2 Å². The Morgan fingerprint density at radius 2 is 2.00 bits per heavy atom. The number of hydrogen-bond donors (Lipinski definition) is 2. The Balaban J connectivity index is 2.72. The van der Waals surface area contributed by atoms with Crippen molar-refractivity contribution in [3.8, 4) is 0 Å². The molecule has 0 bridgehead atoms. The molecule has 0 saturated heterocycles. The van der Waals surface area contributed by atoms with Crippen LogP contribution in [-0.4, -0.2) is 22.5 Å². The molecule has 0 aliphatic rings. The second-order valence-corrected chi connectivity index (χ2v) is 5.60. The average Bonchev–Trinajstić information content (AvgIpc) is 2.29. The number of halogens is 1. The van der Waals surface area contributed by atoms with E-state index in [1.54, 1.807) is 32.0 Å². The van der Waals surface area contributed by atoms with Gasteiger partial charge < -0.3 is 10.4 Å². The molecule has 0 aromatic heterocycles. The Kier molecular flexibility index (Phi) is 4.95. The van der Waals surface area contributed by atoms with Crippen LogP contribution in [0.5, 0.6) is 0 Å². The maximum atomic E-state index is 12.1. The van der Waals surface area contributed by atoms with Crippen molar-refractivity contribution in [2.75, 3.05) is 0 Å². The van der Waals surface area contributed by atoms with E-state index in [-0.39, 0.29) is 12.3 Å². The van der Waals surface area contributed by atoms with Gasteiger partial charge in [0.15, 0.2) is 0 Å². The number of carboxylic acid groups (broad SMARTS) is 1. The van der Waals surface area contributed by atoms with Gasteiger partial charge in [-0.2, -0.15) is 0 Å². The second kappa shape index (κ2) is 6.06. The van der Waals surface area contributed by atoms with Crippen molar-refractivity contribution >= 4 is 23.5 Å². The van der Waals surface area contributed by atoms with Gasteiger partial charge in [-0.3, -0.25) is 9.59 Å². The Bertz CT molecular complexity index is 497. The summed E-state index contributed by atoms with van der Waals surface area (Å²) in [4.78, 5) is 22.6. The SMILES string of the molecule is Cc1ccc(C(=O)NC(C)(C)CCC(=O)O)cc1Cl. The molecule has 0 aliphatic heterocycles. The lowest BCUT2D eigenvalue weighted by Crippen LogP contribution is -2.43. The van der Waals surface area contributed by atoms with E-state index in [0.717, 1.165) is 5.56 Å². The van der Waals surface area contributed by atoms with Crippen LogP contribution in [0.15, 0.2) is 18.2 Å². The van der Waals surface area contributed by atoms with E-state index < -0.39 is 11.5 Å². The molecule has 104 valence electrons. The summed E-state index contributed by atoms with van der Waals surface area (Å²) in [5.41, 5.74) is 0.801. The zero-order chi connectivity index (χ0) is 14.6. The predicted molar refractivity (Wildman–Crippen MR) is 74.6 cm³/mol. The minimum Gasteiger partial charge on any atom is -0.481 e. The fourth-order valence-corrected chi connectivity index (χ4v) is 1.78. The number of amides is 1. The van der Waals surface area contributed by atoms with Crippen LogP contribution in [0.25, 0.3) is 0 Å². The number of aliphatic carboxylic acids is 1. The fraction of sp³-hybridized carbons (Fsp3) is 0.429. The molecule has 1 aromatic rings. The number of aryl methyl sites for hydroxylation is 1. The maximum Gasteiger partial charge on any atom is 0.303 e. The Morgan fingerprint density at radius 1 is 1.37 bits per heavy atom. The van der Waals surface area contributed by atoms with Crippen LogP contribution in [0.4, 0.5) is 0 Å². The van der Waals surface area contributed by atoms with Crippen molar-refractivity contribution in [1.82, 2.24) is 5.32 Å². The van der Waals surface area contributed by atoms with Crippen molar-refractivity contribution in [1.29, 1.82) is 0 Å². The fourth-order valence-electron chi connectivity index (χ4n) is 1.60. The van der Waals surface area contributed by atoms with Gasteiger partial charge in [-0.15, -0.1) is 0 Å². The van der Waals surface area contributed by atoms with E-state index in [4.69, 9.17) is 16.7 Å². The van der Waals surface area contributed by atoms with Gasteiger partial charge in [0, 0.05) is 22.5 Å². The highest BCUT2D eigenvalue weighted by Gasteiger charge is 2.22. The molecule has 1 amide bonds. The van der Waals surface area contributed by atoms with Crippen molar-refractivity contribution in [3.05, 3.63) is 34.3 Å². The highest BCUT2D eigenvalue weighted by atomic mass is 35.5. The van der Waals surface area contributed by atoms with Crippen LogP contribution >= 0.6 is 11.6 Å². The number of rotatable bonds is 5. The standard InChI is InChI=1S/C14H18ClNO3/c1-9-4-5-10(8-11(9)15)13(19)16-14(2,3)7-6-12(17)18/h4-5,8H,6-7H2,1-3H3,(H,16,19)(H,17,18). The number of carboxylic acids is 1. The third kappa shape index (κ3) is 4.91. The summed E-state index contributed by atoms with van der Waals surface area (Å²) in [5.74, 6) is -1.13. The lowest BCUT2D eigenvalue weighted by atomic mass is 9.97. The summed E-state index contributed by atoms with van der Waals surface area (Å²) in [6, 6.07) is 5.09. The average molecular weight is 284 g/mol. The van der Waals surface area contributed by atoms with Crippen LogP contribution < -0.4 is 5.32 Å². The number of benzene rings is 1. The van der Waals surface area contributed by atoms with Gasteiger partial charge in [-0.1, -0.05) is 17.7 Å². The first kappa shape index (κ1) is 15.5. The molecule has 0 spiro atoms. The van der Waals surface area contributed by atoms with Gasteiger partial charge >= 0.3 is 5.97 Å². The largest absolute Gasteiger partial charge is 0.481 e. The van der Waals surface area contributed by atoms with Crippen LogP contribution in [-0.2, 0) is 4.79 Å². The van der Waals surface area contributed by atoms with Crippen molar-refractivity contribution in [3.63, 3.8) is 0 Å². The first-order valence-corrected chi connectivity index (χ1v) is 6.39. The molecule has 5 heteroatoms. The molecule has 19 heavy (non-hydrogen) atoms. The number of carbonyl (C=O) groups is 2. The Hall–Kier alpha value is -1.55. The molecule has 0 radical (unpaired) electrons. The van der Waals surface area contributed by atoms with Crippen LogP contribution in [0.1, 0.15) is 42.6 Å². The van der Waals surface area contributed by atoms with Gasteiger partial charge in [0.1, 0.15) is 0 Å². The Labute approximate surface area is 117 Å². The van der Waals surface area contributed by atoms with Gasteiger partial charge in [0.05, 0.1) is 0 Å². The van der Waals surface area contributed by atoms with E-state index >= 15 is 0 Å². The molecule has 0 aliphatic carbocycles. The lowest BCUT2D eigenvalue weighted by Gasteiger charge is -2.25. The van der Waals surface area contributed by atoms with Gasteiger partial charge in [0.2, 0.25) is 0 Å². The summed E-state index contributed by atoms with van der Waals surface area (Å²) in [6.45, 7) is 5.45. The summed E-state index contributed by atoms with van der Waals surface area (Å²) >= 11 is 5.97. The van der Waals surface area contributed by atoms with Crippen LogP contribution in [0.3, 0.4) is 0 Å². The Morgan fingerprint density at radius 3 is 2.53 bits per heavy atom. The molecule has 0 heterocycles. The molecular formula is C14H18ClNO3. The second-order valence-electron chi connectivity index (χ2n) is 5.20. The van der Waals surface area contributed by atoms with E-state index in [9.17, 15) is 9.59 Å². The summed E-state index contributed by atoms with van der Waals surface area (Å²) in [6.07, 6.45) is 0.385. The third-order valence-corrected chi connectivity index (χ3v) is 3.26. The normalized spacial score (nSPS) is 11.2. The van der Waals surface area contributed by atoms with Crippen LogP contribution in [0.2, 0.25) is 5.02 Å². The maximum absolute atomic E-state index is 12.1. The van der Waals surface area contributed by atoms with Crippen molar-refractivity contribution in [2.24, 2.45) is 0 Å². The zero-order valence-corrected chi connectivity index (χ0v) is 12.0. The molecule has 2 N–H and O–H groups in total. The summed E-state index contributed by atoms with van der Waals surface area (Å²) in [7, 11) is 0. The monoisotopic (exact) mass is 283 g/mol. The zero-order valence-electron chi connectivity index (χ0n) is 11.3. The first-order chi connectivity index (χ1) is 8.71. The van der Waals surface area contributed by atoms with E-state index in [0.29, 0.717) is 17.0 Å². The van der Waals surface area contributed by atoms with Gasteiger partial charge in [-0.05, 0) is 44.9 Å².